The monoisotopic (exact) mass is 339 g/mol. The highest BCUT2D eigenvalue weighted by molar-refractivity contribution is 9.10. The minimum absolute atomic E-state index is 0.353. The Bertz CT molecular complexity index is 604. The third-order valence-corrected chi connectivity index (χ3v) is 3.56. The summed E-state index contributed by atoms with van der Waals surface area (Å²) >= 11 is 9.40. The predicted molar refractivity (Wildman–Crippen MR) is 77.5 cm³/mol. The van der Waals surface area contributed by atoms with Crippen molar-refractivity contribution in [2.75, 3.05) is 0 Å². The number of rotatable bonds is 4. The minimum Gasteiger partial charge on any atom is -0.481 e. The highest BCUT2D eigenvalue weighted by Gasteiger charge is 2.22. The van der Waals surface area contributed by atoms with Gasteiger partial charge in [-0.2, -0.15) is 0 Å². The van der Waals surface area contributed by atoms with E-state index in [2.05, 4.69) is 20.9 Å². The van der Waals surface area contributed by atoms with E-state index < -0.39 is 11.9 Å². The van der Waals surface area contributed by atoms with Crippen LogP contribution in [0.1, 0.15) is 17.0 Å². The molecule has 1 atom stereocenters. The number of pyridine rings is 1. The first-order valence-electron chi connectivity index (χ1n) is 5.64. The lowest BCUT2D eigenvalue weighted by Gasteiger charge is -2.14. The van der Waals surface area contributed by atoms with Crippen LogP contribution in [0, 0.1) is 0 Å². The number of hydrogen-bond donors (Lipinski definition) is 1. The summed E-state index contributed by atoms with van der Waals surface area (Å²) in [5, 5.41) is 9.86. The maximum Gasteiger partial charge on any atom is 0.311 e. The first kappa shape index (κ1) is 14.0. The summed E-state index contributed by atoms with van der Waals surface area (Å²) in [6, 6.07) is 8.88. The molecule has 5 heteroatoms. The topological polar surface area (TPSA) is 50.2 Å². The Morgan fingerprint density at radius 3 is 2.74 bits per heavy atom. The van der Waals surface area contributed by atoms with E-state index in [9.17, 15) is 9.90 Å². The van der Waals surface area contributed by atoms with Gasteiger partial charge in [0.25, 0.3) is 0 Å². The molecule has 1 N–H and O–H groups in total. The molecule has 19 heavy (non-hydrogen) atoms. The van der Waals surface area contributed by atoms with Crippen molar-refractivity contribution in [3.63, 3.8) is 0 Å². The summed E-state index contributed by atoms with van der Waals surface area (Å²) < 4.78 is 0.827. The van der Waals surface area contributed by atoms with Crippen LogP contribution in [0.25, 0.3) is 0 Å². The molecule has 0 aliphatic carbocycles. The lowest BCUT2D eigenvalue weighted by atomic mass is 9.93. The number of halogens is 2. The second-order valence-corrected chi connectivity index (χ2v) is 5.45. The van der Waals surface area contributed by atoms with Crippen LogP contribution in [0.2, 0.25) is 5.02 Å². The first-order valence-corrected chi connectivity index (χ1v) is 6.81. The van der Waals surface area contributed by atoms with Gasteiger partial charge < -0.3 is 5.11 Å². The summed E-state index contributed by atoms with van der Waals surface area (Å²) in [4.78, 5) is 15.5. The molecule has 0 aliphatic heterocycles. The third-order valence-electron chi connectivity index (χ3n) is 2.78. The highest BCUT2D eigenvalue weighted by Crippen LogP contribution is 2.28. The zero-order chi connectivity index (χ0) is 13.8. The second-order valence-electron chi connectivity index (χ2n) is 4.13. The van der Waals surface area contributed by atoms with Crippen LogP contribution in [0.3, 0.4) is 0 Å². The Morgan fingerprint density at radius 1 is 1.37 bits per heavy atom. The molecule has 1 unspecified atom stereocenters. The van der Waals surface area contributed by atoms with Crippen molar-refractivity contribution in [2.45, 2.75) is 12.3 Å². The molecule has 1 aromatic carbocycles. The van der Waals surface area contributed by atoms with E-state index in [1.165, 1.54) is 0 Å². The van der Waals surface area contributed by atoms with Gasteiger partial charge in [-0.15, -0.1) is 0 Å². The van der Waals surface area contributed by atoms with Gasteiger partial charge in [-0.1, -0.05) is 29.8 Å². The summed E-state index contributed by atoms with van der Waals surface area (Å²) in [6.07, 6.45) is 3.68. The molecule has 0 aliphatic rings. The number of nitrogens with zero attached hydrogens (tertiary/aromatic N) is 1. The van der Waals surface area contributed by atoms with Crippen molar-refractivity contribution in [1.29, 1.82) is 0 Å². The van der Waals surface area contributed by atoms with Gasteiger partial charge in [-0.05, 0) is 45.6 Å². The maximum absolute atomic E-state index is 11.5. The lowest BCUT2D eigenvalue weighted by molar-refractivity contribution is -0.138. The van der Waals surface area contributed by atoms with Gasteiger partial charge in [0.05, 0.1) is 5.92 Å². The number of carboxylic acid groups (broad SMARTS) is 1. The fourth-order valence-corrected chi connectivity index (χ4v) is 2.57. The molecule has 0 saturated carbocycles. The minimum atomic E-state index is -0.895. The quantitative estimate of drug-likeness (QED) is 0.918. The van der Waals surface area contributed by atoms with E-state index in [-0.39, 0.29) is 0 Å². The van der Waals surface area contributed by atoms with Gasteiger partial charge in [-0.3, -0.25) is 9.78 Å². The van der Waals surface area contributed by atoms with Crippen molar-refractivity contribution in [3.05, 3.63) is 63.3 Å². The number of carboxylic acids is 1. The molecule has 0 fully saturated rings. The zero-order valence-electron chi connectivity index (χ0n) is 9.88. The van der Waals surface area contributed by atoms with Gasteiger partial charge in [0.1, 0.15) is 0 Å². The SMILES string of the molecule is O=C(O)C(Cc1cncc(Br)c1)c1ccccc1Cl. The Kier molecular flexibility index (Phi) is 4.56. The third kappa shape index (κ3) is 3.55. The number of hydrogen-bond acceptors (Lipinski definition) is 2. The molecular formula is C14H11BrClNO2. The van der Waals surface area contributed by atoms with E-state index in [4.69, 9.17) is 11.6 Å². The fraction of sp³-hybridized carbons (Fsp3) is 0.143. The molecule has 0 bridgehead atoms. The van der Waals surface area contributed by atoms with Crippen LogP contribution >= 0.6 is 27.5 Å². The van der Waals surface area contributed by atoms with Crippen LogP contribution in [-0.4, -0.2) is 16.1 Å². The average molecular weight is 341 g/mol. The van der Waals surface area contributed by atoms with Crippen LogP contribution in [0.15, 0.2) is 47.2 Å². The molecular weight excluding hydrogens is 330 g/mol. The van der Waals surface area contributed by atoms with E-state index in [0.717, 1.165) is 10.0 Å². The average Bonchev–Trinajstić information content (AvgIpc) is 2.37. The van der Waals surface area contributed by atoms with E-state index >= 15 is 0 Å². The van der Waals surface area contributed by atoms with E-state index in [1.54, 1.807) is 36.7 Å². The van der Waals surface area contributed by atoms with Gasteiger partial charge in [0.15, 0.2) is 0 Å². The van der Waals surface area contributed by atoms with Gasteiger partial charge >= 0.3 is 5.97 Å². The second kappa shape index (κ2) is 6.17. The zero-order valence-corrected chi connectivity index (χ0v) is 12.2. The fourth-order valence-electron chi connectivity index (χ4n) is 1.89. The lowest BCUT2D eigenvalue weighted by Crippen LogP contribution is -2.15. The number of aromatic nitrogens is 1. The van der Waals surface area contributed by atoms with Gasteiger partial charge in [0, 0.05) is 21.9 Å². The number of carbonyl (C=O) groups is 1. The van der Waals surface area contributed by atoms with Crippen molar-refractivity contribution in [1.82, 2.24) is 4.98 Å². The molecule has 2 rings (SSSR count). The highest BCUT2D eigenvalue weighted by atomic mass is 79.9. The molecule has 0 saturated heterocycles. The molecule has 2 aromatic rings. The summed E-state index contributed by atoms with van der Waals surface area (Å²) in [5.41, 5.74) is 1.47. The van der Waals surface area contributed by atoms with Crippen LogP contribution < -0.4 is 0 Å². The molecule has 0 radical (unpaired) electrons. The van der Waals surface area contributed by atoms with Crippen molar-refractivity contribution in [2.24, 2.45) is 0 Å². The normalized spacial score (nSPS) is 12.1. The largest absolute Gasteiger partial charge is 0.481 e. The van der Waals surface area contributed by atoms with Gasteiger partial charge in [-0.25, -0.2) is 0 Å². The molecule has 0 amide bonds. The molecule has 98 valence electrons. The summed E-state index contributed by atoms with van der Waals surface area (Å²) in [7, 11) is 0. The smallest absolute Gasteiger partial charge is 0.311 e. The van der Waals surface area contributed by atoms with Crippen molar-refractivity contribution >= 4 is 33.5 Å². The Hall–Kier alpha value is -1.39. The Labute approximate surface area is 124 Å². The maximum atomic E-state index is 11.5. The van der Waals surface area contributed by atoms with Gasteiger partial charge in [0.2, 0.25) is 0 Å². The van der Waals surface area contributed by atoms with E-state index in [1.807, 2.05) is 6.07 Å². The predicted octanol–water partition coefficient (Wildman–Crippen LogP) is 3.91. The summed E-state index contributed by atoms with van der Waals surface area (Å²) in [6.45, 7) is 0. The summed E-state index contributed by atoms with van der Waals surface area (Å²) in [5.74, 6) is -1.57. The molecule has 1 aromatic heterocycles. The van der Waals surface area contributed by atoms with Crippen LogP contribution in [-0.2, 0) is 11.2 Å². The number of aliphatic carboxylic acids is 1. The van der Waals surface area contributed by atoms with Crippen molar-refractivity contribution in [3.8, 4) is 0 Å². The molecule has 1 heterocycles. The molecule has 3 nitrogen and oxygen atoms in total. The molecule has 0 spiro atoms. The number of benzene rings is 1. The Balaban J connectivity index is 2.32. The van der Waals surface area contributed by atoms with Crippen LogP contribution in [0.5, 0.6) is 0 Å². The van der Waals surface area contributed by atoms with Crippen LogP contribution in [0.4, 0.5) is 0 Å². The van der Waals surface area contributed by atoms with E-state index in [0.29, 0.717) is 17.0 Å². The standard InChI is InChI=1S/C14H11BrClNO2/c15-10-5-9(7-17-8-10)6-12(14(18)19)11-3-1-2-4-13(11)16/h1-5,7-8,12H,6H2,(H,18,19). The van der Waals surface area contributed by atoms with Crippen molar-refractivity contribution < 1.29 is 9.90 Å². The Morgan fingerprint density at radius 2 is 2.11 bits per heavy atom. The first-order chi connectivity index (χ1) is 9.08.